The van der Waals surface area contributed by atoms with Crippen molar-refractivity contribution in [1.82, 2.24) is 10.2 Å². The number of nitrogens with one attached hydrogen (secondary N) is 1. The Morgan fingerprint density at radius 3 is 2.44 bits per heavy atom. The normalized spacial score (nSPS) is 16.9. The largest absolute Gasteiger partial charge is 0.507 e. The van der Waals surface area contributed by atoms with E-state index in [1.807, 2.05) is 30.3 Å². The van der Waals surface area contributed by atoms with E-state index < -0.39 is 18.6 Å². The van der Waals surface area contributed by atoms with Gasteiger partial charge < -0.3 is 20.3 Å². The number of rotatable bonds is 7. The van der Waals surface area contributed by atoms with Gasteiger partial charge in [0.2, 0.25) is 0 Å². The molecule has 1 aliphatic heterocycles. The molecule has 5 nitrogen and oxygen atoms in total. The quantitative estimate of drug-likeness (QED) is 0.691. The molecule has 1 saturated heterocycles. The molecule has 146 valence electrons. The van der Waals surface area contributed by atoms with Crippen molar-refractivity contribution in [2.24, 2.45) is 0 Å². The zero-order valence-electron chi connectivity index (χ0n) is 14.9. The van der Waals surface area contributed by atoms with Crippen LogP contribution in [-0.4, -0.2) is 53.8 Å². The molecule has 0 spiro atoms. The smallest absolute Gasteiger partial charge is 0.290 e. The summed E-state index contributed by atoms with van der Waals surface area (Å²) >= 11 is 0. The molecule has 1 fully saturated rings. The first-order valence-electron chi connectivity index (χ1n) is 8.94. The second kappa shape index (κ2) is 8.65. The van der Waals surface area contributed by atoms with Crippen molar-refractivity contribution in [2.75, 3.05) is 32.8 Å². The summed E-state index contributed by atoms with van der Waals surface area (Å²) in [7, 11) is 0. The molecule has 2 aromatic rings. The van der Waals surface area contributed by atoms with Crippen LogP contribution in [0.3, 0.4) is 0 Å². The minimum atomic E-state index is -3.37. The monoisotopic (exact) mass is 378 g/mol. The summed E-state index contributed by atoms with van der Waals surface area (Å²) in [6, 6.07) is 12.5. The van der Waals surface area contributed by atoms with Crippen molar-refractivity contribution >= 4 is 0 Å². The van der Waals surface area contributed by atoms with E-state index in [0.29, 0.717) is 38.5 Å². The fourth-order valence-electron chi connectivity index (χ4n) is 3.30. The number of nitrogens with zero attached hydrogens (tertiary/aromatic N) is 1. The molecule has 2 aromatic carbocycles. The lowest BCUT2D eigenvalue weighted by Crippen LogP contribution is -2.51. The van der Waals surface area contributed by atoms with Crippen molar-refractivity contribution in [3.63, 3.8) is 0 Å². The van der Waals surface area contributed by atoms with Crippen LogP contribution in [0.4, 0.5) is 8.78 Å². The maximum atomic E-state index is 14.5. The fraction of sp³-hybridized carbons (Fsp3) is 0.400. The zero-order chi connectivity index (χ0) is 19.3. The van der Waals surface area contributed by atoms with Gasteiger partial charge >= 0.3 is 0 Å². The van der Waals surface area contributed by atoms with E-state index in [1.165, 1.54) is 12.1 Å². The second-order valence-corrected chi connectivity index (χ2v) is 6.60. The highest BCUT2D eigenvalue weighted by atomic mass is 19.3. The Bertz CT molecular complexity index is 737. The van der Waals surface area contributed by atoms with Crippen molar-refractivity contribution in [1.29, 1.82) is 0 Å². The topological polar surface area (TPSA) is 65.0 Å². The molecule has 0 unspecified atom stereocenters. The Morgan fingerprint density at radius 1 is 1.11 bits per heavy atom. The highest BCUT2D eigenvalue weighted by Gasteiger charge is 2.45. The Hall–Kier alpha value is -2.22. The number of aliphatic hydroxyl groups excluding tert-OH is 1. The predicted molar refractivity (Wildman–Crippen MR) is 98.1 cm³/mol. The molecule has 3 rings (SSSR count). The summed E-state index contributed by atoms with van der Waals surface area (Å²) < 4.78 is 34.6. The highest BCUT2D eigenvalue weighted by molar-refractivity contribution is 5.42. The summed E-state index contributed by atoms with van der Waals surface area (Å²) in [6.07, 6.45) is 0. The number of alkyl halides is 2. The molecule has 27 heavy (non-hydrogen) atoms. The molecule has 0 aliphatic carbocycles. The number of phenols is 1. The third-order valence-electron chi connectivity index (χ3n) is 4.67. The van der Waals surface area contributed by atoms with Gasteiger partial charge in [-0.3, -0.25) is 4.90 Å². The Labute approximate surface area is 157 Å². The van der Waals surface area contributed by atoms with Crippen LogP contribution in [0.1, 0.15) is 17.2 Å². The third-order valence-corrected chi connectivity index (χ3v) is 4.67. The van der Waals surface area contributed by atoms with Crippen LogP contribution < -0.4 is 10.1 Å². The Kier molecular flexibility index (Phi) is 6.26. The number of phenolic OH excluding ortho intramolecular Hbond substituents is 1. The first kappa shape index (κ1) is 19.5. The molecule has 3 N–H and O–H groups in total. The summed E-state index contributed by atoms with van der Waals surface area (Å²) in [5.41, 5.74) is 1.05. The van der Waals surface area contributed by atoms with Gasteiger partial charge in [-0.2, -0.15) is 0 Å². The summed E-state index contributed by atoms with van der Waals surface area (Å²) in [6.45, 7) is 1.01. The van der Waals surface area contributed by atoms with Crippen LogP contribution in [-0.2, 0) is 6.61 Å². The number of aliphatic hydroxyl groups is 1. The molecule has 0 amide bonds. The van der Waals surface area contributed by atoms with Crippen molar-refractivity contribution < 1.29 is 23.7 Å². The Balaban J connectivity index is 1.80. The van der Waals surface area contributed by atoms with Gasteiger partial charge in [0.05, 0.1) is 0 Å². The van der Waals surface area contributed by atoms with Gasteiger partial charge in [-0.15, -0.1) is 0 Å². The lowest BCUT2D eigenvalue weighted by Gasteiger charge is -2.39. The van der Waals surface area contributed by atoms with Gasteiger partial charge in [0.1, 0.15) is 30.8 Å². The maximum absolute atomic E-state index is 14.5. The maximum Gasteiger partial charge on any atom is 0.290 e. The van der Waals surface area contributed by atoms with Crippen LogP contribution in [0, 0.1) is 0 Å². The molecule has 0 saturated carbocycles. The minimum absolute atomic E-state index is 0.0861. The van der Waals surface area contributed by atoms with Crippen molar-refractivity contribution in [3.8, 4) is 11.5 Å². The molecular formula is C20H24F2N2O3. The lowest BCUT2D eigenvalue weighted by atomic mass is 9.97. The van der Waals surface area contributed by atoms with Gasteiger partial charge in [-0.05, 0) is 17.7 Å². The zero-order valence-corrected chi connectivity index (χ0v) is 14.9. The molecule has 0 aromatic heterocycles. The van der Waals surface area contributed by atoms with Gasteiger partial charge in [0.15, 0.2) is 0 Å². The SMILES string of the molecule is OCC(F)(F)[C@@H](c1ccc(OCc2ccccc2)cc1O)N1CCNCC1. The van der Waals surface area contributed by atoms with E-state index in [4.69, 9.17) is 4.74 Å². The van der Waals surface area contributed by atoms with Gasteiger partial charge in [-0.1, -0.05) is 30.3 Å². The highest BCUT2D eigenvalue weighted by Crippen LogP contribution is 2.41. The second-order valence-electron chi connectivity index (χ2n) is 6.60. The molecule has 1 aliphatic rings. The molecule has 7 heteroatoms. The lowest BCUT2D eigenvalue weighted by molar-refractivity contribution is -0.119. The molecule has 0 radical (unpaired) electrons. The molecule has 1 atom stereocenters. The van der Waals surface area contributed by atoms with E-state index >= 15 is 0 Å². The van der Waals surface area contributed by atoms with Crippen LogP contribution in [0.25, 0.3) is 0 Å². The summed E-state index contributed by atoms with van der Waals surface area (Å²) in [5, 5.41) is 22.7. The average molecular weight is 378 g/mol. The number of ether oxygens (including phenoxy) is 1. The first-order chi connectivity index (χ1) is 13.0. The van der Waals surface area contributed by atoms with E-state index in [2.05, 4.69) is 5.32 Å². The number of halogens is 2. The van der Waals surface area contributed by atoms with Gasteiger partial charge in [0.25, 0.3) is 5.92 Å². The average Bonchev–Trinajstić information content (AvgIpc) is 2.69. The molecule has 1 heterocycles. The van der Waals surface area contributed by atoms with E-state index in [9.17, 15) is 19.0 Å². The van der Waals surface area contributed by atoms with Gasteiger partial charge in [-0.25, -0.2) is 8.78 Å². The molecule has 0 bridgehead atoms. The number of piperazine rings is 1. The number of benzene rings is 2. The summed E-state index contributed by atoms with van der Waals surface area (Å²) in [4.78, 5) is 1.59. The first-order valence-corrected chi connectivity index (χ1v) is 8.94. The molecular weight excluding hydrogens is 354 g/mol. The van der Waals surface area contributed by atoms with Gasteiger partial charge in [0, 0.05) is 37.8 Å². The minimum Gasteiger partial charge on any atom is -0.507 e. The summed E-state index contributed by atoms with van der Waals surface area (Å²) in [5.74, 6) is -3.25. The van der Waals surface area contributed by atoms with E-state index in [0.717, 1.165) is 5.56 Å². The van der Waals surface area contributed by atoms with Crippen molar-refractivity contribution in [3.05, 3.63) is 59.7 Å². The van der Waals surface area contributed by atoms with E-state index in [-0.39, 0.29) is 11.3 Å². The van der Waals surface area contributed by atoms with Crippen LogP contribution in [0.2, 0.25) is 0 Å². The third kappa shape index (κ3) is 4.74. The number of hydrogen-bond donors (Lipinski definition) is 3. The standard InChI is InChI=1S/C20H24F2N2O3/c21-20(22,14-25)19(24-10-8-23-9-11-24)17-7-6-16(12-18(17)26)27-13-15-4-2-1-3-5-15/h1-7,12,19,23,25-26H,8-11,13-14H2/t19-/m1/s1. The number of aromatic hydroxyl groups is 1. The van der Waals surface area contributed by atoms with Crippen LogP contribution in [0.15, 0.2) is 48.5 Å². The van der Waals surface area contributed by atoms with Crippen molar-refractivity contribution in [2.45, 2.75) is 18.6 Å². The fourth-order valence-corrected chi connectivity index (χ4v) is 3.30. The Morgan fingerprint density at radius 2 is 1.81 bits per heavy atom. The van der Waals surface area contributed by atoms with Crippen LogP contribution >= 0.6 is 0 Å². The van der Waals surface area contributed by atoms with E-state index in [1.54, 1.807) is 11.0 Å². The van der Waals surface area contributed by atoms with Crippen LogP contribution in [0.5, 0.6) is 11.5 Å². The number of hydrogen-bond acceptors (Lipinski definition) is 5. The predicted octanol–water partition coefficient (Wildman–Crippen LogP) is 2.55.